The first-order valence-corrected chi connectivity index (χ1v) is 8.64. The van der Waals surface area contributed by atoms with Crippen LogP contribution in [0.2, 0.25) is 0 Å². The van der Waals surface area contributed by atoms with Gasteiger partial charge in [-0.2, -0.15) is 0 Å². The number of hydrogen-bond acceptors (Lipinski definition) is 4. The Morgan fingerprint density at radius 1 is 0.885 bits per heavy atom. The molecule has 3 aromatic rings. The Hall–Kier alpha value is -3.22. The Morgan fingerprint density at radius 2 is 1.58 bits per heavy atom. The monoisotopic (exact) mass is 349 g/mol. The maximum Gasteiger partial charge on any atom is 0.254 e. The number of H-pyrrole nitrogens is 1. The summed E-state index contributed by atoms with van der Waals surface area (Å²) in [5, 5.41) is 0. The van der Waals surface area contributed by atoms with Gasteiger partial charge in [0.05, 0.1) is 17.4 Å². The van der Waals surface area contributed by atoms with E-state index in [4.69, 9.17) is 0 Å². The van der Waals surface area contributed by atoms with Crippen molar-refractivity contribution in [3.8, 4) is 0 Å². The van der Waals surface area contributed by atoms with Gasteiger partial charge in [0.1, 0.15) is 0 Å². The van der Waals surface area contributed by atoms with Crippen LogP contribution in [0.4, 0.5) is 0 Å². The van der Waals surface area contributed by atoms with Crippen molar-refractivity contribution in [3.63, 3.8) is 0 Å². The normalized spacial score (nSPS) is 15.1. The smallest absolute Gasteiger partial charge is 0.254 e. The maximum absolute atomic E-state index is 12.8. The molecule has 26 heavy (non-hydrogen) atoms. The molecule has 3 heterocycles. The lowest BCUT2D eigenvalue weighted by atomic mass is 10.1. The highest BCUT2D eigenvalue weighted by molar-refractivity contribution is 5.97. The highest BCUT2D eigenvalue weighted by Crippen LogP contribution is 2.15. The topological polar surface area (TPSA) is 82.2 Å². The van der Waals surface area contributed by atoms with Crippen LogP contribution in [-0.4, -0.2) is 62.7 Å². The SMILES string of the molecule is O=C(c1ccncc1)N1CCCN(C(=O)c2ccc3nc[nH]c3c2)CC1. The number of benzene rings is 1. The van der Waals surface area contributed by atoms with Gasteiger partial charge in [0, 0.05) is 49.7 Å². The minimum atomic E-state index is -0.0142. The van der Waals surface area contributed by atoms with E-state index in [0.717, 1.165) is 17.5 Å². The number of aromatic nitrogens is 3. The van der Waals surface area contributed by atoms with Crippen LogP contribution in [0.5, 0.6) is 0 Å². The number of imidazole rings is 1. The maximum atomic E-state index is 12.8. The lowest BCUT2D eigenvalue weighted by molar-refractivity contribution is 0.0719. The molecule has 0 unspecified atom stereocenters. The summed E-state index contributed by atoms with van der Waals surface area (Å²) >= 11 is 0. The van der Waals surface area contributed by atoms with Crippen molar-refractivity contribution in [2.24, 2.45) is 0 Å². The number of hydrogen-bond donors (Lipinski definition) is 1. The number of pyridine rings is 1. The number of nitrogens with zero attached hydrogens (tertiary/aromatic N) is 4. The summed E-state index contributed by atoms with van der Waals surface area (Å²) in [6.07, 6.45) is 5.61. The summed E-state index contributed by atoms with van der Waals surface area (Å²) in [4.78, 5) is 40.2. The third-order valence-corrected chi connectivity index (χ3v) is 4.66. The van der Waals surface area contributed by atoms with Gasteiger partial charge in [-0.05, 0) is 36.8 Å². The van der Waals surface area contributed by atoms with Gasteiger partial charge in [0.2, 0.25) is 0 Å². The molecule has 1 aliphatic heterocycles. The van der Waals surface area contributed by atoms with Crippen molar-refractivity contribution in [2.45, 2.75) is 6.42 Å². The number of rotatable bonds is 2. The molecule has 132 valence electrons. The first-order chi connectivity index (χ1) is 12.7. The van der Waals surface area contributed by atoms with Gasteiger partial charge in [-0.1, -0.05) is 0 Å². The van der Waals surface area contributed by atoms with Crippen LogP contribution >= 0.6 is 0 Å². The van der Waals surface area contributed by atoms with Crippen LogP contribution in [0.1, 0.15) is 27.1 Å². The Morgan fingerprint density at radius 3 is 2.31 bits per heavy atom. The fourth-order valence-corrected chi connectivity index (χ4v) is 3.25. The van der Waals surface area contributed by atoms with Crippen LogP contribution in [0.15, 0.2) is 49.1 Å². The second-order valence-electron chi connectivity index (χ2n) is 6.31. The van der Waals surface area contributed by atoms with Crippen molar-refractivity contribution < 1.29 is 9.59 Å². The molecule has 0 spiro atoms. The minimum absolute atomic E-state index is 0.0134. The molecular formula is C19H19N5O2. The van der Waals surface area contributed by atoms with E-state index >= 15 is 0 Å². The first-order valence-electron chi connectivity index (χ1n) is 8.64. The summed E-state index contributed by atoms with van der Waals surface area (Å²) in [5.74, 6) is -0.0275. The molecule has 1 N–H and O–H groups in total. The summed E-state index contributed by atoms with van der Waals surface area (Å²) < 4.78 is 0. The number of carbonyl (C=O) groups is 2. The minimum Gasteiger partial charge on any atom is -0.345 e. The Bertz CT molecular complexity index is 937. The molecule has 1 fully saturated rings. The lowest BCUT2D eigenvalue weighted by Crippen LogP contribution is -2.37. The molecule has 4 rings (SSSR count). The summed E-state index contributed by atoms with van der Waals surface area (Å²) in [7, 11) is 0. The Labute approximate surface area is 150 Å². The van der Waals surface area contributed by atoms with Crippen LogP contribution in [0.3, 0.4) is 0 Å². The largest absolute Gasteiger partial charge is 0.345 e. The molecule has 7 nitrogen and oxygen atoms in total. The van der Waals surface area contributed by atoms with E-state index in [1.807, 2.05) is 17.0 Å². The average molecular weight is 349 g/mol. The summed E-state index contributed by atoms with van der Waals surface area (Å²) in [6, 6.07) is 8.91. The van der Waals surface area contributed by atoms with Gasteiger partial charge in [0.15, 0.2) is 0 Å². The Balaban J connectivity index is 1.46. The number of fused-ring (bicyclic) bond motifs is 1. The van der Waals surface area contributed by atoms with Gasteiger partial charge in [-0.3, -0.25) is 14.6 Å². The molecule has 1 aromatic carbocycles. The molecule has 0 saturated carbocycles. The van der Waals surface area contributed by atoms with Crippen LogP contribution in [0.25, 0.3) is 11.0 Å². The Kier molecular flexibility index (Phi) is 4.35. The van der Waals surface area contributed by atoms with Crippen molar-refractivity contribution in [1.82, 2.24) is 24.8 Å². The second kappa shape index (κ2) is 6.95. The number of carbonyl (C=O) groups excluding carboxylic acids is 2. The van der Waals surface area contributed by atoms with E-state index in [0.29, 0.717) is 37.3 Å². The molecule has 0 atom stereocenters. The lowest BCUT2D eigenvalue weighted by Gasteiger charge is -2.22. The predicted octanol–water partition coefficient (Wildman–Crippen LogP) is 1.95. The average Bonchev–Trinajstić information content (AvgIpc) is 3.02. The number of aromatic amines is 1. The fraction of sp³-hybridized carbons (Fsp3) is 0.263. The molecule has 1 saturated heterocycles. The standard InChI is InChI=1S/C19H19N5O2/c25-18(14-4-6-20-7-5-14)23-8-1-9-24(11-10-23)19(26)15-2-3-16-17(12-15)22-13-21-16/h2-7,12-13H,1,8-11H2,(H,21,22). The molecule has 0 aliphatic carbocycles. The highest BCUT2D eigenvalue weighted by Gasteiger charge is 2.23. The fourth-order valence-electron chi connectivity index (χ4n) is 3.25. The first kappa shape index (κ1) is 16.3. The van der Waals surface area contributed by atoms with Crippen LogP contribution in [-0.2, 0) is 0 Å². The molecule has 7 heteroatoms. The van der Waals surface area contributed by atoms with Gasteiger partial charge < -0.3 is 14.8 Å². The quantitative estimate of drug-likeness (QED) is 0.767. The van der Waals surface area contributed by atoms with Gasteiger partial charge in [-0.15, -0.1) is 0 Å². The van der Waals surface area contributed by atoms with E-state index in [1.54, 1.807) is 41.8 Å². The van der Waals surface area contributed by atoms with E-state index in [-0.39, 0.29) is 11.8 Å². The van der Waals surface area contributed by atoms with E-state index < -0.39 is 0 Å². The van der Waals surface area contributed by atoms with Crippen LogP contribution in [0, 0.1) is 0 Å². The van der Waals surface area contributed by atoms with Crippen LogP contribution < -0.4 is 0 Å². The van der Waals surface area contributed by atoms with Crippen molar-refractivity contribution in [1.29, 1.82) is 0 Å². The molecule has 0 radical (unpaired) electrons. The van der Waals surface area contributed by atoms with Crippen molar-refractivity contribution in [3.05, 3.63) is 60.2 Å². The zero-order valence-electron chi connectivity index (χ0n) is 14.3. The number of nitrogens with one attached hydrogen (secondary N) is 1. The zero-order valence-corrected chi connectivity index (χ0v) is 14.3. The predicted molar refractivity (Wildman–Crippen MR) is 96.8 cm³/mol. The van der Waals surface area contributed by atoms with Gasteiger partial charge in [0.25, 0.3) is 11.8 Å². The van der Waals surface area contributed by atoms with Gasteiger partial charge >= 0.3 is 0 Å². The molecule has 0 bridgehead atoms. The zero-order chi connectivity index (χ0) is 17.9. The third kappa shape index (κ3) is 3.15. The second-order valence-corrected chi connectivity index (χ2v) is 6.31. The molecular weight excluding hydrogens is 330 g/mol. The highest BCUT2D eigenvalue weighted by atomic mass is 16.2. The number of amides is 2. The van der Waals surface area contributed by atoms with E-state index in [2.05, 4.69) is 15.0 Å². The summed E-state index contributed by atoms with van der Waals surface area (Å²) in [6.45, 7) is 2.33. The van der Waals surface area contributed by atoms with Crippen molar-refractivity contribution >= 4 is 22.8 Å². The van der Waals surface area contributed by atoms with E-state index in [1.165, 1.54) is 0 Å². The van der Waals surface area contributed by atoms with Gasteiger partial charge in [-0.25, -0.2) is 4.98 Å². The molecule has 2 aromatic heterocycles. The molecule has 1 aliphatic rings. The summed E-state index contributed by atoms with van der Waals surface area (Å²) in [5.41, 5.74) is 2.95. The third-order valence-electron chi connectivity index (χ3n) is 4.66. The molecule has 2 amide bonds. The van der Waals surface area contributed by atoms with E-state index in [9.17, 15) is 9.59 Å². The van der Waals surface area contributed by atoms with Crippen molar-refractivity contribution in [2.75, 3.05) is 26.2 Å².